The van der Waals surface area contributed by atoms with Crippen LogP contribution in [0.25, 0.3) is 22.4 Å². The number of halogens is 3. The first-order valence-electron chi connectivity index (χ1n) is 14.0. The second-order valence-electron chi connectivity index (χ2n) is 10.5. The maximum absolute atomic E-state index is 14.0. The second kappa shape index (κ2) is 18.1. The molecule has 3 aromatic carbocycles. The van der Waals surface area contributed by atoms with Crippen LogP contribution in [0, 0.1) is 5.82 Å². The first-order chi connectivity index (χ1) is 21.1. The zero-order valence-electron chi connectivity index (χ0n) is 24.3. The molecule has 2 atom stereocenters. The number of carbonyl (C=O) groups excluding carboxylic acids is 2. The number of aliphatic carboxylic acids is 1. The van der Waals surface area contributed by atoms with Gasteiger partial charge in [0.2, 0.25) is 0 Å². The molecule has 44 heavy (non-hydrogen) atoms. The van der Waals surface area contributed by atoms with Gasteiger partial charge in [0.15, 0.2) is 0 Å². The Morgan fingerprint density at radius 2 is 1.48 bits per heavy atom. The molecule has 1 amide bonds. The van der Waals surface area contributed by atoms with Crippen molar-refractivity contribution in [3.8, 4) is 22.4 Å². The molecule has 0 spiro atoms. The summed E-state index contributed by atoms with van der Waals surface area (Å²) in [6.07, 6.45) is -2.77. The molecule has 0 fully saturated rings. The van der Waals surface area contributed by atoms with Crippen LogP contribution in [0.15, 0.2) is 84.9 Å². The third kappa shape index (κ3) is 10.1. The molecule has 0 aliphatic rings. The number of carbonyl (C=O) groups is 2. The molecular formula is C33H34FI2N2O5V-. The number of hydrogen-bond acceptors (Lipinski definition) is 5. The quantitative estimate of drug-likeness (QED) is 0.137. The molecule has 1 heterocycles. The topological polar surface area (TPSA) is 115 Å². The van der Waals surface area contributed by atoms with Gasteiger partial charge in [-0.2, -0.15) is 0 Å². The summed E-state index contributed by atoms with van der Waals surface area (Å²) in [4.78, 5) is 24.9. The zero-order chi connectivity index (χ0) is 32.2. The van der Waals surface area contributed by atoms with Gasteiger partial charge in [-0.05, 0) is 66.3 Å². The summed E-state index contributed by atoms with van der Waals surface area (Å²) in [5, 5.41) is 34.6. The number of para-hydroxylation sites is 1. The van der Waals surface area contributed by atoms with Crippen molar-refractivity contribution in [2.75, 3.05) is 5.32 Å². The van der Waals surface area contributed by atoms with Gasteiger partial charge in [0, 0.05) is 35.9 Å². The Labute approximate surface area is 286 Å². The van der Waals surface area contributed by atoms with Gasteiger partial charge >= 0.3 is 49.4 Å². The number of benzene rings is 3. The number of hydrogen-bond donors (Lipinski definition) is 3. The van der Waals surface area contributed by atoms with Crippen molar-refractivity contribution in [3.05, 3.63) is 102 Å². The predicted molar refractivity (Wildman–Crippen MR) is 183 cm³/mol. The summed E-state index contributed by atoms with van der Waals surface area (Å²) >= 11 is 4.74. The van der Waals surface area contributed by atoms with Crippen molar-refractivity contribution in [1.29, 1.82) is 0 Å². The van der Waals surface area contributed by atoms with E-state index in [9.17, 15) is 29.3 Å². The average molecular weight is 862 g/mol. The summed E-state index contributed by atoms with van der Waals surface area (Å²) in [5.74, 6) is -2.20. The Hall–Kier alpha value is -2.23. The van der Waals surface area contributed by atoms with E-state index in [2.05, 4.69) is 45.3 Å². The molecule has 11 heteroatoms. The number of rotatable bonds is 12. The fourth-order valence-electron chi connectivity index (χ4n) is 5.19. The van der Waals surface area contributed by atoms with Gasteiger partial charge in [0.1, 0.15) is 5.82 Å². The predicted octanol–water partition coefficient (Wildman–Crippen LogP) is 6.75. The summed E-state index contributed by atoms with van der Waals surface area (Å²) in [6.45, 7) is 4.22. The van der Waals surface area contributed by atoms with Crippen molar-refractivity contribution >= 4 is 57.5 Å². The van der Waals surface area contributed by atoms with Crippen molar-refractivity contribution in [3.63, 3.8) is 0 Å². The van der Waals surface area contributed by atoms with E-state index in [-0.39, 0.29) is 31.2 Å². The Kier molecular flexibility index (Phi) is 14.9. The Bertz CT molecular complexity index is 1500. The van der Waals surface area contributed by atoms with Crippen molar-refractivity contribution in [1.82, 2.24) is 4.57 Å². The van der Waals surface area contributed by atoms with Crippen LogP contribution in [0.5, 0.6) is 0 Å². The first-order valence-corrected chi connectivity index (χ1v) is 23.0. The second-order valence-corrected chi connectivity index (χ2v) is 22.2. The van der Waals surface area contributed by atoms with E-state index >= 15 is 0 Å². The summed E-state index contributed by atoms with van der Waals surface area (Å²) < 4.78 is 16.0. The first kappa shape index (κ1) is 36.2. The molecule has 7 nitrogen and oxygen atoms in total. The molecule has 4 aromatic rings. The number of aromatic nitrogens is 1. The van der Waals surface area contributed by atoms with Crippen LogP contribution in [0.1, 0.15) is 55.1 Å². The number of aliphatic hydroxyl groups is 2. The fourth-order valence-corrected chi connectivity index (χ4v) is 5.19. The normalized spacial score (nSPS) is 12.2. The van der Waals surface area contributed by atoms with Crippen LogP contribution in [0.3, 0.4) is 0 Å². The summed E-state index contributed by atoms with van der Waals surface area (Å²) in [5.41, 5.74) is 4.72. The standard InChI is InChI=1S/C33H35FN2O5.2HI.V/c1-21(2)31-30(33(41)35-25-11-7-4-8-12-25)29(22-9-5-3-6-10-22)32(23-13-15-24(34)16-14-23)36(31)18-17-26(37)19-27(38)20-28(39)40;;;/h3-16,21,26-27,37-38H,17-20H2,1-2H3,(H,35,41)(H,39,40);2*1H;/q;;;+2/p-3. The third-order valence-electron chi connectivity index (χ3n) is 6.92. The van der Waals surface area contributed by atoms with Gasteiger partial charge in [-0.1, -0.05) is 62.4 Å². The molecule has 0 bridgehead atoms. The molecule has 0 radical (unpaired) electrons. The van der Waals surface area contributed by atoms with Crippen LogP contribution in [0.4, 0.5) is 10.1 Å². The van der Waals surface area contributed by atoms with Gasteiger partial charge in [0.25, 0.3) is 5.91 Å². The van der Waals surface area contributed by atoms with E-state index in [1.165, 1.54) is 12.1 Å². The number of nitrogens with zero attached hydrogens (tertiary/aromatic N) is 1. The number of aliphatic hydroxyl groups excluding tert-OH is 2. The van der Waals surface area contributed by atoms with Gasteiger partial charge in [-0.15, -0.1) is 0 Å². The Morgan fingerprint density at radius 1 is 0.909 bits per heavy atom. The molecule has 3 N–H and O–H groups in total. The van der Waals surface area contributed by atoms with E-state index in [1.54, 1.807) is 24.3 Å². The van der Waals surface area contributed by atoms with E-state index in [4.69, 9.17) is 0 Å². The Morgan fingerprint density at radius 3 is 2.02 bits per heavy atom. The Balaban J connectivity index is 0.00000169. The van der Waals surface area contributed by atoms with E-state index < -0.39 is 30.4 Å². The van der Waals surface area contributed by atoms with Crippen LogP contribution >= 0.6 is 40.0 Å². The molecule has 0 aliphatic carbocycles. The van der Waals surface area contributed by atoms with E-state index in [0.717, 1.165) is 11.3 Å². The van der Waals surface area contributed by atoms with Gasteiger partial charge in [0.05, 0.1) is 23.5 Å². The minimum absolute atomic E-state index is 0.121. The molecule has 2 unspecified atom stereocenters. The zero-order valence-corrected chi connectivity index (χ0v) is 30.0. The van der Waals surface area contributed by atoms with E-state index in [1.807, 2.05) is 66.9 Å². The van der Waals surface area contributed by atoms with Crippen molar-refractivity contribution < 1.29 is 38.8 Å². The molecule has 0 saturated heterocycles. The molecule has 0 saturated carbocycles. The number of nitrogens with one attached hydrogen (secondary N) is 1. The monoisotopic (exact) mass is 862 g/mol. The number of carboxylic acids is 1. The van der Waals surface area contributed by atoms with Crippen molar-refractivity contribution in [2.24, 2.45) is 0 Å². The number of anilines is 1. The maximum atomic E-state index is 14.0. The molecule has 0 aliphatic heterocycles. The molecule has 1 aromatic heterocycles. The summed E-state index contributed by atoms with van der Waals surface area (Å²) in [7, 11) is 0.628. The van der Waals surface area contributed by atoms with Gasteiger partial charge < -0.3 is 30.0 Å². The molecular weight excluding hydrogens is 828 g/mol. The van der Waals surface area contributed by atoms with Crippen LogP contribution < -0.4 is 10.4 Å². The fraction of sp³-hybridized carbons (Fsp3) is 0.273. The number of amides is 1. The average Bonchev–Trinajstić information content (AvgIpc) is 3.33. The number of carboxylic acid groups (broad SMARTS) is 1. The molecule has 4 rings (SSSR count). The van der Waals surface area contributed by atoms with Gasteiger partial charge in [-0.3, -0.25) is 4.79 Å². The minimum atomic E-state index is -1.39. The van der Waals surface area contributed by atoms with Crippen LogP contribution in [-0.2, 0) is 20.8 Å². The van der Waals surface area contributed by atoms with Gasteiger partial charge in [-0.25, -0.2) is 4.39 Å². The summed E-state index contributed by atoms with van der Waals surface area (Å²) in [6, 6.07) is 24.7. The third-order valence-corrected chi connectivity index (χ3v) is 6.92. The SMILES string of the molecule is CC(C)c1c(C(=O)Nc2ccccc2)c(-c2ccccc2)c(-c2ccc(F)cc2)n1CCC(O)CC(O)CC(=O)[O-].[I][V][I]. The van der Waals surface area contributed by atoms with Crippen LogP contribution in [0.2, 0.25) is 0 Å². The van der Waals surface area contributed by atoms with Crippen LogP contribution in [-0.4, -0.2) is 38.9 Å². The molecule has 233 valence electrons. The van der Waals surface area contributed by atoms with E-state index in [0.29, 0.717) is 37.5 Å². The van der Waals surface area contributed by atoms with Crippen molar-refractivity contribution in [2.45, 2.75) is 57.8 Å².